The first-order valence-corrected chi connectivity index (χ1v) is 5.24. The number of hydrogen-bond acceptors (Lipinski definition) is 4. The zero-order valence-corrected chi connectivity index (χ0v) is 9.45. The van der Waals surface area contributed by atoms with Crippen molar-refractivity contribution in [3.05, 3.63) is 23.8 Å². The number of methoxy groups -OCH3 is 2. The molecule has 1 aromatic carbocycles. The van der Waals surface area contributed by atoms with Gasteiger partial charge in [-0.1, -0.05) is 6.07 Å². The van der Waals surface area contributed by atoms with E-state index in [1.54, 1.807) is 26.4 Å². The van der Waals surface area contributed by atoms with Crippen LogP contribution >= 0.6 is 0 Å². The van der Waals surface area contributed by atoms with Crippen LogP contribution in [0.25, 0.3) is 0 Å². The normalized spacial score (nSPS) is 15.4. The fourth-order valence-electron chi connectivity index (χ4n) is 1.77. The highest BCUT2D eigenvalue weighted by Crippen LogP contribution is 2.31. The molecule has 1 N–H and O–H groups in total. The summed E-state index contributed by atoms with van der Waals surface area (Å²) in [5.41, 5.74) is 0.555. The maximum atomic E-state index is 12.2. The number of rotatable bonds is 4. The summed E-state index contributed by atoms with van der Waals surface area (Å²) in [6.07, 6.45) is 0. The first-order valence-electron chi connectivity index (χ1n) is 5.24. The minimum Gasteiger partial charge on any atom is -0.496 e. The van der Waals surface area contributed by atoms with Gasteiger partial charge in [-0.3, -0.25) is 4.79 Å². The lowest BCUT2D eigenvalue weighted by Crippen LogP contribution is -2.46. The van der Waals surface area contributed by atoms with Gasteiger partial charge >= 0.3 is 0 Å². The van der Waals surface area contributed by atoms with Crippen molar-refractivity contribution in [2.24, 2.45) is 5.92 Å². The third-order valence-corrected chi connectivity index (χ3v) is 2.83. The number of Topliss-reactive ketones (excluding diaryl/α,β-unsaturated/α-hetero) is 1. The van der Waals surface area contributed by atoms with Crippen molar-refractivity contribution in [3.63, 3.8) is 0 Å². The molecule has 2 rings (SSSR count). The highest BCUT2D eigenvalue weighted by molar-refractivity contribution is 6.03. The van der Waals surface area contributed by atoms with Crippen LogP contribution in [0.5, 0.6) is 11.5 Å². The van der Waals surface area contributed by atoms with E-state index in [4.69, 9.17) is 9.47 Å². The molecule has 1 aliphatic heterocycles. The van der Waals surface area contributed by atoms with Gasteiger partial charge < -0.3 is 14.8 Å². The first-order chi connectivity index (χ1) is 7.77. The summed E-state index contributed by atoms with van der Waals surface area (Å²) in [5.74, 6) is 1.30. The topological polar surface area (TPSA) is 47.6 Å². The Morgan fingerprint density at radius 3 is 2.19 bits per heavy atom. The van der Waals surface area contributed by atoms with E-state index in [1.807, 2.05) is 6.07 Å². The van der Waals surface area contributed by atoms with Crippen LogP contribution in [-0.4, -0.2) is 33.1 Å². The van der Waals surface area contributed by atoms with Crippen molar-refractivity contribution in [2.45, 2.75) is 0 Å². The number of ether oxygens (including phenoxy) is 2. The molecule has 16 heavy (non-hydrogen) atoms. The van der Waals surface area contributed by atoms with Gasteiger partial charge in [0.1, 0.15) is 17.1 Å². The smallest absolute Gasteiger partial charge is 0.175 e. The third-order valence-electron chi connectivity index (χ3n) is 2.83. The second-order valence-corrected chi connectivity index (χ2v) is 3.76. The van der Waals surface area contributed by atoms with Gasteiger partial charge in [-0.15, -0.1) is 0 Å². The minimum absolute atomic E-state index is 0.0465. The molecule has 1 fully saturated rings. The monoisotopic (exact) mass is 221 g/mol. The van der Waals surface area contributed by atoms with Gasteiger partial charge in [-0.2, -0.15) is 0 Å². The maximum Gasteiger partial charge on any atom is 0.175 e. The molecule has 0 radical (unpaired) electrons. The van der Waals surface area contributed by atoms with E-state index in [-0.39, 0.29) is 11.7 Å². The van der Waals surface area contributed by atoms with Crippen LogP contribution < -0.4 is 14.8 Å². The van der Waals surface area contributed by atoms with E-state index in [0.29, 0.717) is 17.1 Å². The van der Waals surface area contributed by atoms with E-state index in [2.05, 4.69) is 5.32 Å². The Hall–Kier alpha value is -1.55. The lowest BCUT2D eigenvalue weighted by molar-refractivity contribution is 0.0871. The van der Waals surface area contributed by atoms with Crippen LogP contribution in [0.15, 0.2) is 18.2 Å². The molecule has 0 aromatic heterocycles. The summed E-state index contributed by atoms with van der Waals surface area (Å²) in [7, 11) is 3.12. The fourth-order valence-corrected chi connectivity index (χ4v) is 1.77. The molecule has 1 saturated heterocycles. The Bertz CT molecular complexity index is 377. The molecule has 1 aliphatic rings. The summed E-state index contributed by atoms with van der Waals surface area (Å²) in [6.45, 7) is 1.47. The zero-order chi connectivity index (χ0) is 11.5. The summed E-state index contributed by atoms with van der Waals surface area (Å²) in [4.78, 5) is 12.2. The van der Waals surface area contributed by atoms with E-state index in [1.165, 1.54) is 0 Å². The van der Waals surface area contributed by atoms with Crippen LogP contribution in [-0.2, 0) is 0 Å². The van der Waals surface area contributed by atoms with E-state index in [9.17, 15) is 4.79 Å². The average molecular weight is 221 g/mol. The fraction of sp³-hybridized carbons (Fsp3) is 0.417. The summed E-state index contributed by atoms with van der Waals surface area (Å²) in [5, 5.41) is 3.08. The van der Waals surface area contributed by atoms with Crippen LogP contribution in [0.1, 0.15) is 10.4 Å². The molecule has 0 atom stereocenters. The molecule has 0 aliphatic carbocycles. The first kappa shape index (κ1) is 11.0. The van der Waals surface area contributed by atoms with Gasteiger partial charge in [0.15, 0.2) is 5.78 Å². The van der Waals surface area contributed by atoms with E-state index < -0.39 is 0 Å². The molecule has 0 bridgehead atoms. The van der Waals surface area contributed by atoms with Gasteiger partial charge in [-0.25, -0.2) is 0 Å². The molecule has 1 aromatic rings. The SMILES string of the molecule is COc1cccc(OC)c1C(=O)C1CNC1. The lowest BCUT2D eigenvalue weighted by atomic mass is 9.92. The number of hydrogen-bond donors (Lipinski definition) is 1. The maximum absolute atomic E-state index is 12.2. The molecule has 1 heterocycles. The van der Waals surface area contributed by atoms with E-state index >= 15 is 0 Å². The minimum atomic E-state index is 0.0465. The molecule has 0 unspecified atom stereocenters. The van der Waals surface area contributed by atoms with Gasteiger partial charge in [-0.05, 0) is 12.1 Å². The van der Waals surface area contributed by atoms with Gasteiger partial charge in [0.25, 0.3) is 0 Å². The number of nitrogens with one attached hydrogen (secondary N) is 1. The number of carbonyl (C=O) groups excluding carboxylic acids is 1. The van der Waals surface area contributed by atoms with Crippen molar-refractivity contribution >= 4 is 5.78 Å². The van der Waals surface area contributed by atoms with Crippen molar-refractivity contribution < 1.29 is 14.3 Å². The Labute approximate surface area is 94.6 Å². The second kappa shape index (κ2) is 4.53. The number of carbonyl (C=O) groups is 1. The lowest BCUT2D eigenvalue weighted by Gasteiger charge is -2.26. The van der Waals surface area contributed by atoms with Crippen molar-refractivity contribution in [1.29, 1.82) is 0 Å². The summed E-state index contributed by atoms with van der Waals surface area (Å²) in [6, 6.07) is 5.37. The van der Waals surface area contributed by atoms with E-state index in [0.717, 1.165) is 13.1 Å². The van der Waals surface area contributed by atoms with Gasteiger partial charge in [0, 0.05) is 19.0 Å². The Morgan fingerprint density at radius 1 is 1.25 bits per heavy atom. The van der Waals surface area contributed by atoms with Crippen LogP contribution in [0.3, 0.4) is 0 Å². The molecular formula is C12H15NO3. The molecule has 0 amide bonds. The quantitative estimate of drug-likeness (QED) is 0.774. The van der Waals surface area contributed by atoms with Crippen LogP contribution in [0, 0.1) is 5.92 Å². The second-order valence-electron chi connectivity index (χ2n) is 3.76. The molecule has 0 spiro atoms. The van der Waals surface area contributed by atoms with Crippen LogP contribution in [0.4, 0.5) is 0 Å². The number of benzene rings is 1. The Kier molecular flexibility index (Phi) is 3.10. The van der Waals surface area contributed by atoms with Gasteiger partial charge in [0.05, 0.1) is 14.2 Å². The average Bonchev–Trinajstić information content (AvgIpc) is 2.25. The highest BCUT2D eigenvalue weighted by Gasteiger charge is 2.30. The molecule has 4 heteroatoms. The Balaban J connectivity index is 2.39. The van der Waals surface area contributed by atoms with Crippen molar-refractivity contribution in [1.82, 2.24) is 5.32 Å². The Morgan fingerprint density at radius 2 is 1.81 bits per heavy atom. The molecule has 4 nitrogen and oxygen atoms in total. The van der Waals surface area contributed by atoms with Crippen molar-refractivity contribution in [2.75, 3.05) is 27.3 Å². The predicted octanol–water partition coefficient (Wildman–Crippen LogP) is 1.11. The van der Waals surface area contributed by atoms with Gasteiger partial charge in [0.2, 0.25) is 0 Å². The molecular weight excluding hydrogens is 206 g/mol. The largest absolute Gasteiger partial charge is 0.496 e. The highest BCUT2D eigenvalue weighted by atomic mass is 16.5. The zero-order valence-electron chi connectivity index (χ0n) is 9.45. The van der Waals surface area contributed by atoms with Crippen LogP contribution in [0.2, 0.25) is 0 Å². The standard InChI is InChI=1S/C12H15NO3/c1-15-9-4-3-5-10(16-2)11(9)12(14)8-6-13-7-8/h3-5,8,13H,6-7H2,1-2H3. The molecule has 0 saturated carbocycles. The summed E-state index contributed by atoms with van der Waals surface area (Å²) >= 11 is 0. The molecule has 86 valence electrons. The number of ketones is 1. The predicted molar refractivity (Wildman–Crippen MR) is 60.2 cm³/mol. The summed E-state index contributed by atoms with van der Waals surface area (Å²) < 4.78 is 10.4. The van der Waals surface area contributed by atoms with Crippen molar-refractivity contribution in [3.8, 4) is 11.5 Å². The third kappa shape index (κ3) is 1.76.